The van der Waals surface area contributed by atoms with Gasteiger partial charge in [-0.2, -0.15) is 0 Å². The van der Waals surface area contributed by atoms with Crippen LogP contribution in [0.25, 0.3) is 0 Å². The summed E-state index contributed by atoms with van der Waals surface area (Å²) in [6.07, 6.45) is -0.0851. The lowest BCUT2D eigenvalue weighted by Gasteiger charge is -2.19. The summed E-state index contributed by atoms with van der Waals surface area (Å²) >= 11 is 0. The Balaban J connectivity index is 2.00. The molecule has 7 nitrogen and oxygen atoms in total. The number of anilines is 1. The Hall–Kier alpha value is -2.77. The summed E-state index contributed by atoms with van der Waals surface area (Å²) < 4.78 is 16.0. The molecular weight excluding hydrogens is 350 g/mol. The molecule has 0 unspecified atom stereocenters. The summed E-state index contributed by atoms with van der Waals surface area (Å²) in [5.41, 5.74) is 1.39. The molecule has 1 amide bonds. The van der Waals surface area contributed by atoms with Gasteiger partial charge >= 0.3 is 6.09 Å². The number of aliphatic hydroxyl groups is 2. The van der Waals surface area contributed by atoms with Crippen molar-refractivity contribution in [3.63, 3.8) is 0 Å². The molecule has 0 aliphatic carbocycles. The minimum Gasteiger partial charge on any atom is -0.497 e. The predicted molar refractivity (Wildman–Crippen MR) is 101 cm³/mol. The van der Waals surface area contributed by atoms with Gasteiger partial charge in [0.1, 0.15) is 24.2 Å². The maximum absolute atomic E-state index is 12.2. The van der Waals surface area contributed by atoms with Crippen molar-refractivity contribution in [2.75, 3.05) is 32.2 Å². The fraction of sp³-hybridized carbons (Fsp3) is 0.350. The van der Waals surface area contributed by atoms with Crippen molar-refractivity contribution < 1.29 is 29.2 Å². The van der Waals surface area contributed by atoms with E-state index in [4.69, 9.17) is 24.4 Å². The van der Waals surface area contributed by atoms with Crippen molar-refractivity contribution in [2.45, 2.75) is 18.9 Å². The van der Waals surface area contributed by atoms with E-state index in [-0.39, 0.29) is 19.8 Å². The molecule has 0 radical (unpaired) electrons. The highest BCUT2D eigenvalue weighted by Crippen LogP contribution is 2.26. The average molecular weight is 375 g/mol. The largest absolute Gasteiger partial charge is 0.497 e. The molecule has 0 aliphatic heterocycles. The number of nitrogens with one attached hydrogen (secondary N) is 1. The number of aliphatic hydroxyl groups excluding tert-OH is 2. The third-order valence-corrected chi connectivity index (χ3v) is 3.82. The standard InChI is InChI=1S/C20H25NO6/c1-25-17-10-6-16(7-11-17)21-20(24)27-19(3-2-12-22)15-4-8-18(9-5-15)26-14-13-23/h4-11,19,22-23H,2-3,12-14H2,1H3,(H,21,24)/t19-/m1/s1. The van der Waals surface area contributed by atoms with Crippen LogP contribution in [0.5, 0.6) is 11.5 Å². The Labute approximate surface area is 158 Å². The minimum atomic E-state index is -0.580. The van der Waals surface area contributed by atoms with Crippen LogP contribution in [0.1, 0.15) is 24.5 Å². The highest BCUT2D eigenvalue weighted by molar-refractivity contribution is 5.84. The van der Waals surface area contributed by atoms with Gasteiger partial charge in [-0.25, -0.2) is 4.79 Å². The van der Waals surface area contributed by atoms with E-state index in [1.807, 2.05) is 0 Å². The Morgan fingerprint density at radius 1 is 1.00 bits per heavy atom. The molecule has 0 saturated carbocycles. The van der Waals surface area contributed by atoms with E-state index in [1.165, 1.54) is 0 Å². The average Bonchev–Trinajstić information content (AvgIpc) is 2.70. The number of methoxy groups -OCH3 is 1. The van der Waals surface area contributed by atoms with E-state index in [2.05, 4.69) is 5.32 Å². The van der Waals surface area contributed by atoms with E-state index in [0.717, 1.165) is 5.56 Å². The molecule has 0 spiro atoms. The monoisotopic (exact) mass is 375 g/mol. The second-order valence-corrected chi connectivity index (χ2v) is 5.75. The van der Waals surface area contributed by atoms with Gasteiger partial charge in [0.05, 0.1) is 13.7 Å². The Morgan fingerprint density at radius 3 is 2.26 bits per heavy atom. The Kier molecular flexibility index (Phi) is 8.41. The van der Waals surface area contributed by atoms with Crippen molar-refractivity contribution in [2.24, 2.45) is 0 Å². The van der Waals surface area contributed by atoms with Gasteiger partial charge in [0.15, 0.2) is 0 Å². The van der Waals surface area contributed by atoms with Crippen LogP contribution in [-0.4, -0.2) is 43.2 Å². The molecule has 146 valence electrons. The van der Waals surface area contributed by atoms with Crippen LogP contribution in [0.4, 0.5) is 10.5 Å². The van der Waals surface area contributed by atoms with Gasteiger partial charge in [-0.3, -0.25) is 5.32 Å². The normalized spacial score (nSPS) is 11.5. The van der Waals surface area contributed by atoms with Gasteiger partial charge in [0, 0.05) is 12.3 Å². The van der Waals surface area contributed by atoms with Crippen molar-refractivity contribution >= 4 is 11.8 Å². The Bertz CT molecular complexity index is 687. The lowest BCUT2D eigenvalue weighted by atomic mass is 10.0. The van der Waals surface area contributed by atoms with E-state index < -0.39 is 12.2 Å². The van der Waals surface area contributed by atoms with Crippen molar-refractivity contribution in [3.8, 4) is 11.5 Å². The summed E-state index contributed by atoms with van der Waals surface area (Å²) in [4.78, 5) is 12.2. The third-order valence-electron chi connectivity index (χ3n) is 3.82. The van der Waals surface area contributed by atoms with Crippen molar-refractivity contribution in [1.82, 2.24) is 0 Å². The van der Waals surface area contributed by atoms with Crippen molar-refractivity contribution in [3.05, 3.63) is 54.1 Å². The molecule has 2 rings (SSSR count). The zero-order chi connectivity index (χ0) is 19.5. The molecule has 3 N–H and O–H groups in total. The number of amides is 1. The summed E-state index contributed by atoms with van der Waals surface area (Å²) in [5, 5.41) is 20.6. The molecule has 0 aromatic heterocycles. The first-order valence-electron chi connectivity index (χ1n) is 8.72. The van der Waals surface area contributed by atoms with Crippen LogP contribution < -0.4 is 14.8 Å². The molecule has 0 fully saturated rings. The van der Waals surface area contributed by atoms with Crippen LogP contribution >= 0.6 is 0 Å². The molecule has 2 aromatic carbocycles. The first kappa shape index (κ1) is 20.5. The van der Waals surface area contributed by atoms with E-state index >= 15 is 0 Å². The molecule has 0 saturated heterocycles. The lowest BCUT2D eigenvalue weighted by Crippen LogP contribution is -2.18. The second-order valence-electron chi connectivity index (χ2n) is 5.75. The molecule has 27 heavy (non-hydrogen) atoms. The number of carbonyl (C=O) groups excluding carboxylic acids is 1. The summed E-state index contributed by atoms with van der Waals surface area (Å²) in [5.74, 6) is 1.31. The lowest BCUT2D eigenvalue weighted by molar-refractivity contribution is 0.0994. The molecular formula is C20H25NO6. The molecule has 0 heterocycles. The summed E-state index contributed by atoms with van der Waals surface area (Å²) in [7, 11) is 1.57. The number of rotatable bonds is 10. The fourth-order valence-corrected chi connectivity index (χ4v) is 2.46. The van der Waals surface area contributed by atoms with E-state index in [0.29, 0.717) is 30.0 Å². The maximum Gasteiger partial charge on any atom is 0.412 e. The van der Waals surface area contributed by atoms with Crippen LogP contribution in [0.2, 0.25) is 0 Å². The van der Waals surface area contributed by atoms with Gasteiger partial charge in [-0.05, 0) is 54.8 Å². The highest BCUT2D eigenvalue weighted by atomic mass is 16.6. The molecule has 0 aliphatic rings. The number of hydrogen-bond acceptors (Lipinski definition) is 6. The van der Waals surface area contributed by atoms with Crippen LogP contribution in [0, 0.1) is 0 Å². The Morgan fingerprint density at radius 2 is 1.67 bits per heavy atom. The molecule has 1 atom stereocenters. The van der Waals surface area contributed by atoms with Crippen LogP contribution in [-0.2, 0) is 4.74 Å². The number of benzene rings is 2. The predicted octanol–water partition coefficient (Wildman–Crippen LogP) is 3.13. The SMILES string of the molecule is COc1ccc(NC(=O)O[C@H](CCCO)c2ccc(OCCO)cc2)cc1. The van der Waals surface area contributed by atoms with Gasteiger partial charge < -0.3 is 24.4 Å². The fourth-order valence-electron chi connectivity index (χ4n) is 2.46. The zero-order valence-corrected chi connectivity index (χ0v) is 15.3. The van der Waals surface area contributed by atoms with Crippen LogP contribution in [0.15, 0.2) is 48.5 Å². The van der Waals surface area contributed by atoms with Gasteiger partial charge in [0.25, 0.3) is 0 Å². The highest BCUT2D eigenvalue weighted by Gasteiger charge is 2.17. The van der Waals surface area contributed by atoms with Crippen LogP contribution in [0.3, 0.4) is 0 Å². The quantitative estimate of drug-likeness (QED) is 0.590. The summed E-state index contributed by atoms with van der Waals surface area (Å²) in [6, 6.07) is 14.0. The van der Waals surface area contributed by atoms with E-state index in [9.17, 15) is 4.79 Å². The van der Waals surface area contributed by atoms with Gasteiger partial charge in [-0.1, -0.05) is 12.1 Å². The van der Waals surface area contributed by atoms with Crippen molar-refractivity contribution in [1.29, 1.82) is 0 Å². The first-order valence-corrected chi connectivity index (χ1v) is 8.72. The molecule has 2 aromatic rings. The number of ether oxygens (including phenoxy) is 3. The van der Waals surface area contributed by atoms with E-state index in [1.54, 1.807) is 55.6 Å². The summed E-state index contributed by atoms with van der Waals surface area (Å²) in [6.45, 7) is 0.168. The zero-order valence-electron chi connectivity index (χ0n) is 15.3. The number of carbonyl (C=O) groups is 1. The smallest absolute Gasteiger partial charge is 0.412 e. The number of hydrogen-bond donors (Lipinski definition) is 3. The van der Waals surface area contributed by atoms with Gasteiger partial charge in [0.2, 0.25) is 0 Å². The second kappa shape index (κ2) is 11.1. The minimum absolute atomic E-state index is 0.0116. The topological polar surface area (TPSA) is 97.3 Å². The van der Waals surface area contributed by atoms with Gasteiger partial charge in [-0.15, -0.1) is 0 Å². The maximum atomic E-state index is 12.2. The molecule has 0 bridgehead atoms. The molecule has 7 heteroatoms. The first-order chi connectivity index (χ1) is 13.2. The third kappa shape index (κ3) is 6.80.